The number of nitrogens with one attached hydrogen (secondary N) is 2. The fourth-order valence-corrected chi connectivity index (χ4v) is 2.35. The number of nitrogens with zero attached hydrogens (tertiary/aromatic N) is 2. The van der Waals surface area contributed by atoms with Gasteiger partial charge in [-0.15, -0.1) is 0 Å². The highest BCUT2D eigenvalue weighted by Gasteiger charge is 2.38. The third-order valence-corrected chi connectivity index (χ3v) is 3.48. The maximum absolute atomic E-state index is 11.7. The third-order valence-electron chi connectivity index (χ3n) is 3.48. The van der Waals surface area contributed by atoms with Crippen LogP contribution in [0.25, 0.3) is 0 Å². The van der Waals surface area contributed by atoms with Gasteiger partial charge in [0.25, 0.3) is 5.69 Å². The van der Waals surface area contributed by atoms with Gasteiger partial charge in [-0.3, -0.25) is 14.9 Å². The number of anilines is 1. The van der Waals surface area contributed by atoms with Crippen LogP contribution in [0.4, 0.5) is 11.5 Å². The molecule has 0 aliphatic carbocycles. The standard InChI is InChI=1S/C12H17N5O3/c1-8-9(17(19)20)3-4-10(15-8)16-12(11(13)18)5-2-6-14-7-12/h3-4,14H,2,5-7H2,1H3,(H2,13,18)(H,15,16). The number of pyridine rings is 1. The summed E-state index contributed by atoms with van der Waals surface area (Å²) in [5, 5.41) is 16.9. The van der Waals surface area contributed by atoms with Crippen LogP contribution in [-0.4, -0.2) is 34.4 Å². The molecule has 8 heteroatoms. The zero-order chi connectivity index (χ0) is 14.8. The highest BCUT2D eigenvalue weighted by molar-refractivity contribution is 5.88. The predicted octanol–water partition coefficient (Wildman–Crippen LogP) is 0.318. The summed E-state index contributed by atoms with van der Waals surface area (Å²) in [6.45, 7) is 2.81. The molecule has 1 saturated heterocycles. The van der Waals surface area contributed by atoms with Crippen LogP contribution in [0.5, 0.6) is 0 Å². The Morgan fingerprint density at radius 2 is 2.35 bits per heavy atom. The molecule has 1 fully saturated rings. The van der Waals surface area contributed by atoms with E-state index in [9.17, 15) is 14.9 Å². The van der Waals surface area contributed by atoms with Crippen LogP contribution in [0.2, 0.25) is 0 Å². The highest BCUT2D eigenvalue weighted by Crippen LogP contribution is 2.24. The number of hydrogen-bond acceptors (Lipinski definition) is 6. The summed E-state index contributed by atoms with van der Waals surface area (Å²) in [5.74, 6) is -0.0434. The van der Waals surface area contributed by atoms with Crippen molar-refractivity contribution >= 4 is 17.4 Å². The number of nitrogens with two attached hydrogens (primary N) is 1. The van der Waals surface area contributed by atoms with Gasteiger partial charge in [-0.2, -0.15) is 0 Å². The highest BCUT2D eigenvalue weighted by atomic mass is 16.6. The molecule has 0 aromatic carbocycles. The minimum Gasteiger partial charge on any atom is -0.368 e. The first kappa shape index (κ1) is 14.2. The number of nitro groups is 1. The minimum absolute atomic E-state index is 0.0505. The number of piperidine rings is 1. The molecule has 2 heterocycles. The molecule has 108 valence electrons. The number of hydrogen-bond donors (Lipinski definition) is 3. The molecule has 1 aliphatic rings. The predicted molar refractivity (Wildman–Crippen MR) is 73.3 cm³/mol. The van der Waals surface area contributed by atoms with Gasteiger partial charge in [0, 0.05) is 12.6 Å². The van der Waals surface area contributed by atoms with Crippen molar-refractivity contribution in [2.45, 2.75) is 25.3 Å². The Labute approximate surface area is 115 Å². The average Bonchev–Trinajstić information content (AvgIpc) is 2.39. The number of amides is 1. The fourth-order valence-electron chi connectivity index (χ4n) is 2.35. The van der Waals surface area contributed by atoms with Crippen molar-refractivity contribution < 1.29 is 9.72 Å². The molecule has 1 aromatic heterocycles. The second-order valence-corrected chi connectivity index (χ2v) is 4.91. The Morgan fingerprint density at radius 1 is 1.60 bits per heavy atom. The maximum Gasteiger partial charge on any atom is 0.290 e. The summed E-state index contributed by atoms with van der Waals surface area (Å²) in [6, 6.07) is 2.86. The second-order valence-electron chi connectivity index (χ2n) is 4.91. The SMILES string of the molecule is Cc1nc(NC2(C(N)=O)CCCNC2)ccc1[N+](=O)[O-]. The number of rotatable bonds is 4. The molecule has 1 unspecified atom stereocenters. The monoisotopic (exact) mass is 279 g/mol. The normalized spacial score (nSPS) is 22.2. The minimum atomic E-state index is -0.895. The first-order valence-electron chi connectivity index (χ1n) is 6.35. The zero-order valence-corrected chi connectivity index (χ0v) is 11.2. The van der Waals surface area contributed by atoms with Gasteiger partial charge in [0.15, 0.2) is 0 Å². The molecular formula is C12H17N5O3. The summed E-state index contributed by atoms with van der Waals surface area (Å²) in [4.78, 5) is 26.1. The molecule has 8 nitrogen and oxygen atoms in total. The molecule has 1 aromatic rings. The number of aryl methyl sites for hydroxylation is 1. The van der Waals surface area contributed by atoms with E-state index in [-0.39, 0.29) is 5.69 Å². The summed E-state index contributed by atoms with van der Waals surface area (Å²) < 4.78 is 0. The van der Waals surface area contributed by atoms with Crippen LogP contribution in [-0.2, 0) is 4.79 Å². The van der Waals surface area contributed by atoms with Gasteiger partial charge in [0.05, 0.1) is 4.92 Å². The van der Waals surface area contributed by atoms with Gasteiger partial charge in [0.2, 0.25) is 5.91 Å². The Bertz CT molecular complexity index is 540. The fraction of sp³-hybridized carbons (Fsp3) is 0.500. The molecule has 1 aliphatic heterocycles. The van der Waals surface area contributed by atoms with Crippen LogP contribution in [0.15, 0.2) is 12.1 Å². The van der Waals surface area contributed by atoms with E-state index in [0.29, 0.717) is 24.5 Å². The lowest BCUT2D eigenvalue weighted by molar-refractivity contribution is -0.385. The van der Waals surface area contributed by atoms with Crippen LogP contribution < -0.4 is 16.4 Å². The van der Waals surface area contributed by atoms with Gasteiger partial charge in [-0.25, -0.2) is 4.98 Å². The Balaban J connectivity index is 2.25. The van der Waals surface area contributed by atoms with E-state index in [4.69, 9.17) is 5.73 Å². The van der Waals surface area contributed by atoms with Crippen LogP contribution in [0, 0.1) is 17.0 Å². The van der Waals surface area contributed by atoms with E-state index < -0.39 is 16.4 Å². The Morgan fingerprint density at radius 3 is 2.85 bits per heavy atom. The van der Waals surface area contributed by atoms with E-state index in [1.807, 2.05) is 0 Å². The number of primary amides is 1. The first-order chi connectivity index (χ1) is 9.44. The Hall–Kier alpha value is -2.22. The second kappa shape index (κ2) is 5.41. The number of aromatic nitrogens is 1. The van der Waals surface area contributed by atoms with Crippen molar-refractivity contribution in [3.63, 3.8) is 0 Å². The van der Waals surface area contributed by atoms with E-state index in [1.54, 1.807) is 6.92 Å². The largest absolute Gasteiger partial charge is 0.368 e. The smallest absolute Gasteiger partial charge is 0.290 e. The lowest BCUT2D eigenvalue weighted by Crippen LogP contribution is -2.59. The summed E-state index contributed by atoms with van der Waals surface area (Å²) in [7, 11) is 0. The third kappa shape index (κ3) is 2.69. The van der Waals surface area contributed by atoms with Crippen molar-refractivity contribution in [3.05, 3.63) is 27.9 Å². The first-order valence-corrected chi connectivity index (χ1v) is 6.35. The van der Waals surface area contributed by atoms with Crippen molar-refractivity contribution in [2.75, 3.05) is 18.4 Å². The lowest BCUT2D eigenvalue weighted by atomic mass is 9.89. The van der Waals surface area contributed by atoms with Gasteiger partial charge >= 0.3 is 0 Å². The molecule has 4 N–H and O–H groups in total. The van der Waals surface area contributed by atoms with Crippen LogP contribution >= 0.6 is 0 Å². The molecule has 20 heavy (non-hydrogen) atoms. The summed E-state index contributed by atoms with van der Waals surface area (Å²) in [6.07, 6.45) is 1.43. The van der Waals surface area contributed by atoms with Gasteiger partial charge < -0.3 is 16.4 Å². The van der Waals surface area contributed by atoms with Gasteiger partial charge in [-0.1, -0.05) is 0 Å². The van der Waals surface area contributed by atoms with E-state index >= 15 is 0 Å². The maximum atomic E-state index is 11.7. The Kier molecular flexibility index (Phi) is 3.84. The molecule has 0 bridgehead atoms. The molecule has 0 spiro atoms. The van der Waals surface area contributed by atoms with Crippen molar-refractivity contribution in [3.8, 4) is 0 Å². The molecule has 1 amide bonds. The van der Waals surface area contributed by atoms with Crippen LogP contribution in [0.3, 0.4) is 0 Å². The topological polar surface area (TPSA) is 123 Å². The molecule has 2 rings (SSSR count). The number of carbonyl (C=O) groups excluding carboxylic acids is 1. The molecule has 0 saturated carbocycles. The molecule has 0 radical (unpaired) electrons. The van der Waals surface area contributed by atoms with Crippen molar-refractivity contribution in [1.29, 1.82) is 0 Å². The average molecular weight is 279 g/mol. The molecule has 1 atom stereocenters. The van der Waals surface area contributed by atoms with E-state index in [1.165, 1.54) is 12.1 Å². The number of carbonyl (C=O) groups is 1. The lowest BCUT2D eigenvalue weighted by Gasteiger charge is -2.35. The van der Waals surface area contributed by atoms with Gasteiger partial charge in [-0.05, 0) is 32.4 Å². The van der Waals surface area contributed by atoms with Crippen LogP contribution in [0.1, 0.15) is 18.5 Å². The van der Waals surface area contributed by atoms with Gasteiger partial charge in [0.1, 0.15) is 17.1 Å². The summed E-state index contributed by atoms with van der Waals surface area (Å²) in [5.41, 5.74) is 4.84. The molecular weight excluding hydrogens is 262 g/mol. The van der Waals surface area contributed by atoms with Crippen molar-refractivity contribution in [1.82, 2.24) is 10.3 Å². The van der Waals surface area contributed by atoms with E-state index in [0.717, 1.165) is 13.0 Å². The quantitative estimate of drug-likeness (QED) is 0.538. The van der Waals surface area contributed by atoms with E-state index in [2.05, 4.69) is 15.6 Å². The summed E-state index contributed by atoms with van der Waals surface area (Å²) >= 11 is 0. The zero-order valence-electron chi connectivity index (χ0n) is 11.2. The van der Waals surface area contributed by atoms with Crippen molar-refractivity contribution in [2.24, 2.45) is 5.73 Å².